The Morgan fingerprint density at radius 3 is 3.08 bits per heavy atom. The molecule has 0 bridgehead atoms. The Morgan fingerprint density at radius 2 is 2.38 bits per heavy atom. The van der Waals surface area contributed by atoms with Gasteiger partial charge in [0.05, 0.1) is 0 Å². The van der Waals surface area contributed by atoms with Gasteiger partial charge in [0.15, 0.2) is 0 Å². The average molecular weight is 454 g/mol. The number of fused-ring (bicyclic) bond motifs is 1. The molecule has 1 nitrogen and oxygen atoms in total. The summed E-state index contributed by atoms with van der Waals surface area (Å²) < 4.78 is 2.17. The van der Waals surface area contributed by atoms with Gasteiger partial charge in [0.1, 0.15) is 0 Å². The van der Waals surface area contributed by atoms with Crippen LogP contribution in [0.25, 0.3) is 0 Å². The molecule has 0 aliphatic carbocycles. The number of rotatable bonds is 1. The van der Waals surface area contributed by atoms with Crippen LogP contribution < -0.4 is 17.5 Å². The Balaban J connectivity index is 2.33. The first kappa shape index (κ1) is 11.0. The van der Waals surface area contributed by atoms with Crippen LogP contribution in [0.3, 0.4) is 0 Å². The summed E-state index contributed by atoms with van der Waals surface area (Å²) in [4.78, 5) is 3.42. The molecule has 2 rings (SSSR count). The van der Waals surface area contributed by atoms with Crippen molar-refractivity contribution in [3.05, 3.63) is 11.0 Å². The number of thioether (sulfide) groups is 1. The first-order valence-electron chi connectivity index (χ1n) is 3.72. The molecule has 0 aromatic heterocycles. The summed E-state index contributed by atoms with van der Waals surface area (Å²) in [5, 5.41) is 0. The molecule has 0 amide bonds. The van der Waals surface area contributed by atoms with E-state index < -0.39 is 0 Å². The molecule has 2 aliphatic rings. The number of hydrogen-bond acceptors (Lipinski definition) is 3. The second-order valence-corrected chi connectivity index (χ2v) is 8.54. The molecule has 72 valence electrons. The summed E-state index contributed by atoms with van der Waals surface area (Å²) in [5.41, 5.74) is 0. The zero-order chi connectivity index (χ0) is 9.42. The van der Waals surface area contributed by atoms with Gasteiger partial charge in [-0.15, -0.1) is 0 Å². The maximum atomic E-state index is 5.45. The quantitative estimate of drug-likeness (QED) is 0.311. The van der Waals surface area contributed by atoms with Crippen LogP contribution in [0.5, 0.6) is 0 Å². The molecule has 6 heteroatoms. The van der Waals surface area contributed by atoms with Crippen molar-refractivity contribution in [1.82, 2.24) is 3.11 Å². The van der Waals surface area contributed by atoms with Gasteiger partial charge in [0.25, 0.3) is 0 Å². The fourth-order valence-corrected chi connectivity index (χ4v) is 9.00. The van der Waals surface area contributed by atoms with Crippen LogP contribution in [0.15, 0.2) is 11.0 Å². The van der Waals surface area contributed by atoms with E-state index in [1.807, 2.05) is 11.8 Å². The molecule has 1 saturated heterocycles. The Hall–Kier alpha value is 1.53. The number of hydrogen-bond donors (Lipinski definition) is 0. The Bertz CT molecular complexity index is 302. The monoisotopic (exact) mass is 454 g/mol. The predicted molar refractivity (Wildman–Crippen MR) is 69.7 cm³/mol. The van der Waals surface area contributed by atoms with Crippen molar-refractivity contribution < 1.29 is 17.5 Å². The zero-order valence-electron chi connectivity index (χ0n) is 6.50. The molecular weight excluding hydrogens is 448 g/mol. The van der Waals surface area contributed by atoms with E-state index in [0.717, 1.165) is 9.98 Å². The van der Waals surface area contributed by atoms with E-state index in [2.05, 4.69) is 27.8 Å². The predicted octanol–water partition coefficient (Wildman–Crippen LogP) is -0.0522. The Morgan fingerprint density at radius 1 is 1.62 bits per heavy atom. The van der Waals surface area contributed by atoms with Gasteiger partial charge in [-0.3, -0.25) is 0 Å². The SMILES string of the molecule is S=C1C=C2SCCC2C(=S)N1[I-]I. The van der Waals surface area contributed by atoms with Gasteiger partial charge in [-0.05, 0) is 0 Å². The second-order valence-electron chi connectivity index (χ2n) is 2.76. The zero-order valence-corrected chi connectivity index (χ0v) is 13.3. The molecule has 0 radical (unpaired) electrons. The topological polar surface area (TPSA) is 3.24 Å². The van der Waals surface area contributed by atoms with E-state index in [1.165, 1.54) is 17.1 Å². The van der Waals surface area contributed by atoms with Crippen LogP contribution >= 0.6 is 54.8 Å². The van der Waals surface area contributed by atoms with E-state index in [0.29, 0.717) is 5.92 Å². The average Bonchev–Trinajstić information content (AvgIpc) is 2.53. The van der Waals surface area contributed by atoms with E-state index in [1.54, 1.807) is 0 Å². The van der Waals surface area contributed by atoms with Gasteiger partial charge in [-0.25, -0.2) is 0 Å². The van der Waals surface area contributed by atoms with Crippen molar-refractivity contribution in [3.63, 3.8) is 0 Å². The van der Waals surface area contributed by atoms with Crippen molar-refractivity contribution in [2.75, 3.05) is 5.75 Å². The fourth-order valence-electron chi connectivity index (χ4n) is 1.41. The summed E-state index contributed by atoms with van der Waals surface area (Å²) in [6.45, 7) is 0. The molecule has 2 heterocycles. The van der Waals surface area contributed by atoms with Crippen LogP contribution in [0.4, 0.5) is 0 Å². The van der Waals surface area contributed by atoms with Gasteiger partial charge in [0.2, 0.25) is 0 Å². The Kier molecular flexibility index (Phi) is 3.89. The molecule has 13 heavy (non-hydrogen) atoms. The van der Waals surface area contributed by atoms with E-state index in [4.69, 9.17) is 24.4 Å². The first-order chi connectivity index (χ1) is 6.24. The van der Waals surface area contributed by atoms with Crippen LogP contribution in [0.1, 0.15) is 6.42 Å². The molecule has 1 fully saturated rings. The number of halogens is 2. The summed E-state index contributed by atoms with van der Waals surface area (Å²) >= 11 is 15.0. The summed E-state index contributed by atoms with van der Waals surface area (Å²) in [6, 6.07) is 0. The van der Waals surface area contributed by atoms with Gasteiger partial charge >= 0.3 is 114 Å². The summed E-state index contributed by atoms with van der Waals surface area (Å²) in [6.07, 6.45) is 3.35. The third kappa shape index (κ3) is 2.06. The number of thiocarbonyl (C=S) groups is 2. The first-order valence-corrected chi connectivity index (χ1v) is 12.8. The molecule has 1 unspecified atom stereocenters. The van der Waals surface area contributed by atoms with Crippen molar-refractivity contribution in [2.24, 2.45) is 5.92 Å². The van der Waals surface area contributed by atoms with Crippen LogP contribution in [-0.4, -0.2) is 18.8 Å². The van der Waals surface area contributed by atoms with Crippen LogP contribution in [-0.2, 0) is 0 Å². The van der Waals surface area contributed by atoms with Gasteiger partial charge in [-0.1, -0.05) is 0 Å². The van der Waals surface area contributed by atoms with Crippen LogP contribution in [0, 0.1) is 5.92 Å². The molecule has 0 aromatic carbocycles. The molecule has 1 atom stereocenters. The molecular formula is C7H6I2NS3-. The van der Waals surface area contributed by atoms with Gasteiger partial charge in [0, 0.05) is 0 Å². The molecule has 0 aromatic rings. The number of nitrogens with zero attached hydrogens (tertiary/aromatic N) is 1. The normalized spacial score (nSPS) is 27.9. The maximum absolute atomic E-state index is 5.45. The molecule has 2 aliphatic heterocycles. The summed E-state index contributed by atoms with van der Waals surface area (Å²) in [7, 11) is 0. The van der Waals surface area contributed by atoms with Gasteiger partial charge in [-0.2, -0.15) is 0 Å². The van der Waals surface area contributed by atoms with Crippen molar-refractivity contribution in [3.8, 4) is 0 Å². The van der Waals surface area contributed by atoms with E-state index in [9.17, 15) is 0 Å². The second kappa shape index (κ2) is 4.58. The van der Waals surface area contributed by atoms with Crippen molar-refractivity contribution in [1.29, 1.82) is 0 Å². The van der Waals surface area contributed by atoms with Crippen LogP contribution in [0.2, 0.25) is 0 Å². The molecule has 0 spiro atoms. The minimum atomic E-state index is -0.0521. The van der Waals surface area contributed by atoms with Gasteiger partial charge < -0.3 is 0 Å². The molecule has 0 N–H and O–H groups in total. The van der Waals surface area contributed by atoms with Crippen molar-refractivity contribution >= 4 is 64.8 Å². The summed E-state index contributed by atoms with van der Waals surface area (Å²) in [5.74, 6) is 1.72. The molecule has 0 saturated carbocycles. The third-order valence-electron chi connectivity index (χ3n) is 2.03. The van der Waals surface area contributed by atoms with E-state index >= 15 is 0 Å². The fraction of sp³-hybridized carbons (Fsp3) is 0.429. The van der Waals surface area contributed by atoms with E-state index in [-0.39, 0.29) is 17.5 Å². The third-order valence-corrected chi connectivity index (χ3v) is 8.48. The van der Waals surface area contributed by atoms with Crippen molar-refractivity contribution in [2.45, 2.75) is 6.42 Å². The minimum absolute atomic E-state index is 0.0521. The Labute approximate surface area is 113 Å². The standard InChI is InChI=1S/C7H6I2NS3/c8-9-10-6(11)3-5-4(7(10)12)1-2-13-5/h3-4H,1-2H2/q-1.